The zero-order valence-corrected chi connectivity index (χ0v) is 13.8. The number of aryl methyl sites for hydroxylation is 3. The monoisotopic (exact) mass is 314 g/mol. The van der Waals surface area contributed by atoms with Crippen LogP contribution in [0.1, 0.15) is 16.7 Å². The van der Waals surface area contributed by atoms with Crippen LogP contribution in [0, 0.1) is 20.8 Å². The first kappa shape index (κ1) is 14.4. The van der Waals surface area contributed by atoms with Gasteiger partial charge in [0.25, 0.3) is 0 Å². The molecule has 0 aromatic heterocycles. The van der Waals surface area contributed by atoms with Crippen LogP contribution in [-0.2, 0) is 0 Å². The number of hydrogen-bond donors (Lipinski definition) is 0. The highest BCUT2D eigenvalue weighted by molar-refractivity contribution is 6.44. The van der Waals surface area contributed by atoms with Crippen molar-refractivity contribution in [1.29, 1.82) is 0 Å². The normalized spacial score (nSPS) is 11.1. The first-order chi connectivity index (χ1) is 9.99. The van der Waals surface area contributed by atoms with Crippen molar-refractivity contribution >= 4 is 34.0 Å². The minimum absolute atomic E-state index is 0.696. The molecular weight excluding hydrogens is 299 g/mol. The lowest BCUT2D eigenvalue weighted by atomic mass is 9.92. The van der Waals surface area contributed by atoms with E-state index in [4.69, 9.17) is 23.2 Å². The summed E-state index contributed by atoms with van der Waals surface area (Å²) in [6.45, 7) is 6.37. The summed E-state index contributed by atoms with van der Waals surface area (Å²) in [4.78, 5) is 0. The average molecular weight is 315 g/mol. The molecule has 0 atom stereocenters. The fourth-order valence-corrected chi connectivity index (χ4v) is 3.78. The maximum absolute atomic E-state index is 6.68. The molecule has 0 aliphatic carbocycles. The molecule has 0 fully saturated rings. The van der Waals surface area contributed by atoms with Crippen molar-refractivity contribution < 1.29 is 0 Å². The van der Waals surface area contributed by atoms with E-state index < -0.39 is 0 Å². The molecule has 0 amide bonds. The molecule has 3 aromatic rings. The van der Waals surface area contributed by atoms with E-state index in [1.165, 1.54) is 22.3 Å². The van der Waals surface area contributed by atoms with Crippen LogP contribution in [0.4, 0.5) is 0 Å². The average Bonchev–Trinajstić information content (AvgIpc) is 2.40. The van der Waals surface area contributed by atoms with E-state index >= 15 is 0 Å². The van der Waals surface area contributed by atoms with Gasteiger partial charge in [0.05, 0.1) is 5.02 Å². The molecule has 0 unspecified atom stereocenters. The quantitative estimate of drug-likeness (QED) is 0.466. The molecule has 21 heavy (non-hydrogen) atoms. The molecule has 0 saturated carbocycles. The van der Waals surface area contributed by atoms with Crippen LogP contribution in [0.3, 0.4) is 0 Å². The lowest BCUT2D eigenvalue weighted by molar-refractivity contribution is 1.32. The third-order valence-electron chi connectivity index (χ3n) is 3.88. The van der Waals surface area contributed by atoms with Crippen LogP contribution < -0.4 is 0 Å². The molecule has 0 bridgehead atoms. The summed E-state index contributed by atoms with van der Waals surface area (Å²) in [7, 11) is 0. The van der Waals surface area contributed by atoms with E-state index in [2.05, 4.69) is 45.0 Å². The molecule has 0 aliphatic rings. The first-order valence-corrected chi connectivity index (χ1v) is 7.69. The zero-order valence-electron chi connectivity index (χ0n) is 12.3. The van der Waals surface area contributed by atoms with Gasteiger partial charge in [-0.3, -0.25) is 0 Å². The molecule has 106 valence electrons. The van der Waals surface area contributed by atoms with Crippen molar-refractivity contribution in [2.45, 2.75) is 20.8 Å². The molecule has 0 N–H and O–H groups in total. The van der Waals surface area contributed by atoms with Gasteiger partial charge in [-0.05, 0) is 48.9 Å². The molecule has 0 nitrogen and oxygen atoms in total. The molecule has 2 heteroatoms. The van der Waals surface area contributed by atoms with Gasteiger partial charge in [-0.2, -0.15) is 0 Å². The molecule has 0 heterocycles. The van der Waals surface area contributed by atoms with Gasteiger partial charge >= 0.3 is 0 Å². The van der Waals surface area contributed by atoms with E-state index in [1.807, 2.05) is 18.2 Å². The Morgan fingerprint density at radius 1 is 0.810 bits per heavy atom. The minimum Gasteiger partial charge on any atom is -0.0836 e. The van der Waals surface area contributed by atoms with Gasteiger partial charge < -0.3 is 0 Å². The van der Waals surface area contributed by atoms with Crippen LogP contribution in [0.5, 0.6) is 0 Å². The number of fused-ring (bicyclic) bond motifs is 1. The van der Waals surface area contributed by atoms with Crippen LogP contribution in [-0.4, -0.2) is 0 Å². The highest BCUT2D eigenvalue weighted by Gasteiger charge is 2.14. The van der Waals surface area contributed by atoms with Crippen molar-refractivity contribution in [2.75, 3.05) is 0 Å². The summed E-state index contributed by atoms with van der Waals surface area (Å²) in [5.74, 6) is 0. The Bertz CT molecular complexity index is 825. The first-order valence-electron chi connectivity index (χ1n) is 6.94. The zero-order chi connectivity index (χ0) is 15.1. The SMILES string of the molecule is Cc1cc(C)c(-c2ccc3cccc(Cl)c3c2Cl)c(C)c1. The van der Waals surface area contributed by atoms with Crippen molar-refractivity contribution in [3.8, 4) is 11.1 Å². The van der Waals surface area contributed by atoms with E-state index in [0.29, 0.717) is 5.02 Å². The Hall–Kier alpha value is -1.50. The van der Waals surface area contributed by atoms with Crippen molar-refractivity contribution in [1.82, 2.24) is 0 Å². The van der Waals surface area contributed by atoms with Gasteiger partial charge in [-0.1, -0.05) is 65.2 Å². The van der Waals surface area contributed by atoms with Crippen LogP contribution in [0.15, 0.2) is 42.5 Å². The summed E-state index contributed by atoms with van der Waals surface area (Å²) >= 11 is 13.0. The summed E-state index contributed by atoms with van der Waals surface area (Å²) in [6.07, 6.45) is 0. The second-order valence-corrected chi connectivity index (χ2v) is 6.32. The van der Waals surface area contributed by atoms with E-state index in [9.17, 15) is 0 Å². The Morgan fingerprint density at radius 3 is 2.14 bits per heavy atom. The predicted molar refractivity (Wildman–Crippen MR) is 93.6 cm³/mol. The number of benzene rings is 3. The summed E-state index contributed by atoms with van der Waals surface area (Å²) < 4.78 is 0. The fraction of sp³-hybridized carbons (Fsp3) is 0.158. The summed E-state index contributed by atoms with van der Waals surface area (Å²) in [5, 5.41) is 3.42. The number of rotatable bonds is 1. The second-order valence-electron chi connectivity index (χ2n) is 5.54. The largest absolute Gasteiger partial charge is 0.0836 e. The van der Waals surface area contributed by atoms with Gasteiger partial charge in [0.1, 0.15) is 0 Å². The maximum Gasteiger partial charge on any atom is 0.0577 e. The molecule has 3 aromatic carbocycles. The van der Waals surface area contributed by atoms with Gasteiger partial charge in [0.15, 0.2) is 0 Å². The van der Waals surface area contributed by atoms with Crippen molar-refractivity contribution in [3.05, 3.63) is 69.2 Å². The van der Waals surface area contributed by atoms with E-state index in [1.54, 1.807) is 0 Å². The lowest BCUT2D eigenvalue weighted by Crippen LogP contribution is -1.92. The molecular formula is C19H16Cl2. The molecule has 0 radical (unpaired) electrons. The fourth-order valence-electron chi connectivity index (χ4n) is 3.09. The lowest BCUT2D eigenvalue weighted by Gasteiger charge is -2.15. The Balaban J connectivity index is 2.37. The van der Waals surface area contributed by atoms with E-state index in [0.717, 1.165) is 21.4 Å². The Kier molecular flexibility index (Phi) is 3.69. The molecule has 0 aliphatic heterocycles. The summed E-state index contributed by atoms with van der Waals surface area (Å²) in [5.41, 5.74) is 5.99. The maximum atomic E-state index is 6.68. The Morgan fingerprint density at radius 2 is 1.48 bits per heavy atom. The highest BCUT2D eigenvalue weighted by atomic mass is 35.5. The third kappa shape index (κ3) is 2.43. The van der Waals surface area contributed by atoms with Gasteiger partial charge in [-0.25, -0.2) is 0 Å². The molecule has 0 saturated heterocycles. The topological polar surface area (TPSA) is 0 Å². The third-order valence-corrected chi connectivity index (χ3v) is 4.59. The molecule has 0 spiro atoms. The molecule has 3 rings (SSSR count). The van der Waals surface area contributed by atoms with E-state index in [-0.39, 0.29) is 0 Å². The number of halogens is 2. The van der Waals surface area contributed by atoms with Crippen molar-refractivity contribution in [3.63, 3.8) is 0 Å². The minimum atomic E-state index is 0.696. The number of hydrogen-bond acceptors (Lipinski definition) is 0. The predicted octanol–water partition coefficient (Wildman–Crippen LogP) is 6.74. The Labute approximate surface area is 135 Å². The van der Waals surface area contributed by atoms with Gasteiger partial charge in [-0.15, -0.1) is 0 Å². The van der Waals surface area contributed by atoms with Crippen molar-refractivity contribution in [2.24, 2.45) is 0 Å². The highest BCUT2D eigenvalue weighted by Crippen LogP contribution is 2.40. The van der Waals surface area contributed by atoms with Crippen LogP contribution in [0.25, 0.3) is 21.9 Å². The second kappa shape index (κ2) is 5.36. The van der Waals surface area contributed by atoms with Gasteiger partial charge in [0.2, 0.25) is 0 Å². The van der Waals surface area contributed by atoms with Crippen LogP contribution >= 0.6 is 23.2 Å². The summed E-state index contributed by atoms with van der Waals surface area (Å²) in [6, 6.07) is 14.4. The van der Waals surface area contributed by atoms with Gasteiger partial charge in [0, 0.05) is 16.0 Å². The standard InChI is InChI=1S/C19H16Cl2/c1-11-9-12(2)17(13(3)10-11)15-8-7-14-5-4-6-16(20)18(14)19(15)21/h4-10H,1-3H3. The van der Waals surface area contributed by atoms with Crippen LogP contribution in [0.2, 0.25) is 10.0 Å². The smallest absolute Gasteiger partial charge is 0.0577 e.